The monoisotopic (exact) mass is 1580 g/mol. The van der Waals surface area contributed by atoms with E-state index in [-0.39, 0.29) is 6.71 Å². The number of benzene rings is 16. The van der Waals surface area contributed by atoms with Crippen molar-refractivity contribution in [3.63, 3.8) is 0 Å². The van der Waals surface area contributed by atoms with E-state index in [0.29, 0.717) is 69.5 Å². The van der Waals surface area contributed by atoms with Crippen LogP contribution in [0.1, 0.15) is 0 Å². The normalized spacial score (nSPS) is 12.0. The molecule has 0 saturated heterocycles. The Morgan fingerprint density at radius 3 is 0.887 bits per heavy atom. The average molecular weight is 1590 g/mol. The van der Waals surface area contributed by atoms with Crippen LogP contribution in [0.2, 0.25) is 0 Å². The van der Waals surface area contributed by atoms with Crippen molar-refractivity contribution < 1.29 is 0 Å². The lowest BCUT2D eigenvalue weighted by molar-refractivity contribution is 1.07. The van der Waals surface area contributed by atoms with Crippen LogP contribution in [-0.4, -0.2) is 66.1 Å². The SMILES string of the molecule is c1ccc(-c2cc(-c3ccc(-c4ccc5c6c4N(c4ccccc4)c4ccccc4B6c4ccccc4N5c4ccccc4)cc3)nc(-c3cc(-c4nc(-c5ccccc5)nc(-c5ccccc5)n4)ccc3-n3c4ccc(-c5nc(-c6ccccc6)nc(-c6ccccc6)n5)cc4c4cc(-c5nc(-c6ccccc6)nc(-c6ccccc6)n5)ccc43)n2)cc1. The maximum Gasteiger partial charge on any atom is 0.252 e. The molecule has 0 unspecified atom stereocenters. The number of aromatic nitrogens is 12. The summed E-state index contributed by atoms with van der Waals surface area (Å²) in [6.07, 6.45) is 0. The summed E-state index contributed by atoms with van der Waals surface area (Å²) in [6.45, 7) is -0.0664. The molecule has 0 aliphatic carbocycles. The van der Waals surface area contributed by atoms with Crippen molar-refractivity contribution in [2.45, 2.75) is 0 Å². The fourth-order valence-electron chi connectivity index (χ4n) is 17.6. The van der Waals surface area contributed by atoms with Crippen LogP contribution in [0.3, 0.4) is 0 Å². The molecule has 15 heteroatoms. The van der Waals surface area contributed by atoms with E-state index in [1.54, 1.807) is 0 Å². The van der Waals surface area contributed by atoms with Crippen LogP contribution in [0.25, 0.3) is 175 Å². The van der Waals surface area contributed by atoms with Gasteiger partial charge in [-0.2, -0.15) is 0 Å². The third-order valence-electron chi connectivity index (χ3n) is 23.4. The predicted octanol–water partition coefficient (Wildman–Crippen LogP) is 23.9. The van der Waals surface area contributed by atoms with Crippen LogP contribution in [0.4, 0.5) is 34.1 Å². The Balaban J connectivity index is 0.751. The third-order valence-corrected chi connectivity index (χ3v) is 23.4. The molecule has 5 aromatic heterocycles. The van der Waals surface area contributed by atoms with E-state index in [9.17, 15) is 0 Å². The molecule has 578 valence electrons. The second kappa shape index (κ2) is 30.8. The Bertz CT molecular complexity index is 7280. The first-order chi connectivity index (χ1) is 61.5. The van der Waals surface area contributed by atoms with Gasteiger partial charge in [-0.05, 0) is 125 Å². The van der Waals surface area contributed by atoms with Gasteiger partial charge in [-0.25, -0.2) is 54.8 Å². The largest absolute Gasteiger partial charge is 0.311 e. The Kier molecular flexibility index (Phi) is 18.0. The van der Waals surface area contributed by atoms with Gasteiger partial charge in [0, 0.05) is 112 Å². The van der Waals surface area contributed by atoms with Gasteiger partial charge >= 0.3 is 0 Å². The van der Waals surface area contributed by atoms with E-state index in [4.69, 9.17) is 54.8 Å². The fraction of sp³-hybridized carbons (Fsp3) is 0. The molecule has 124 heavy (non-hydrogen) atoms. The van der Waals surface area contributed by atoms with Crippen molar-refractivity contribution in [3.05, 3.63) is 419 Å². The lowest BCUT2D eigenvalue weighted by Gasteiger charge is -2.45. The summed E-state index contributed by atoms with van der Waals surface area (Å²) in [7, 11) is 0. The molecule has 2 aliphatic heterocycles. The molecule has 16 aromatic carbocycles. The summed E-state index contributed by atoms with van der Waals surface area (Å²) in [5, 5.41) is 1.81. The van der Waals surface area contributed by atoms with Crippen molar-refractivity contribution in [2.75, 3.05) is 9.80 Å². The van der Waals surface area contributed by atoms with Crippen molar-refractivity contribution >= 4 is 79.0 Å². The number of fused-ring (bicyclic) bond motifs is 7. The minimum atomic E-state index is -0.0664. The van der Waals surface area contributed by atoms with Crippen LogP contribution in [-0.2, 0) is 0 Å². The minimum Gasteiger partial charge on any atom is -0.311 e. The van der Waals surface area contributed by atoms with E-state index < -0.39 is 0 Å². The van der Waals surface area contributed by atoms with Crippen molar-refractivity contribution in [1.29, 1.82) is 0 Å². The van der Waals surface area contributed by atoms with Crippen LogP contribution in [0, 0.1) is 0 Å². The Morgan fingerprint density at radius 2 is 0.484 bits per heavy atom. The smallest absolute Gasteiger partial charge is 0.252 e. The maximum absolute atomic E-state index is 5.85. The van der Waals surface area contributed by atoms with Crippen molar-refractivity contribution in [2.24, 2.45) is 0 Å². The van der Waals surface area contributed by atoms with Crippen LogP contribution in [0.15, 0.2) is 419 Å². The number of nitrogens with zero attached hydrogens (tertiary/aromatic N) is 14. The number of rotatable bonds is 16. The van der Waals surface area contributed by atoms with Gasteiger partial charge in [-0.15, -0.1) is 0 Å². The highest BCUT2D eigenvalue weighted by Gasteiger charge is 2.44. The molecule has 0 fully saturated rings. The van der Waals surface area contributed by atoms with E-state index in [0.717, 1.165) is 140 Å². The molecular weight excluding hydrogens is 1520 g/mol. The number of para-hydroxylation sites is 4. The van der Waals surface area contributed by atoms with Crippen molar-refractivity contribution in [3.8, 4) is 153 Å². The summed E-state index contributed by atoms with van der Waals surface area (Å²) in [5.41, 5.74) is 26.5. The van der Waals surface area contributed by atoms with E-state index in [1.807, 2.05) is 188 Å². The van der Waals surface area contributed by atoms with Crippen LogP contribution >= 0.6 is 0 Å². The molecule has 0 spiro atoms. The minimum absolute atomic E-state index is 0.0664. The first-order valence-electron chi connectivity index (χ1n) is 41.4. The first kappa shape index (κ1) is 72.3. The average Bonchev–Trinajstić information content (AvgIpc) is 0.862. The molecule has 14 nitrogen and oxygen atoms in total. The number of anilines is 6. The molecule has 7 heterocycles. The van der Waals surface area contributed by atoms with Gasteiger partial charge in [0.2, 0.25) is 0 Å². The van der Waals surface area contributed by atoms with Gasteiger partial charge < -0.3 is 14.4 Å². The van der Waals surface area contributed by atoms with Gasteiger partial charge in [0.1, 0.15) is 0 Å². The molecule has 23 rings (SSSR count). The molecular formula is C109H69BN14. The highest BCUT2D eigenvalue weighted by atomic mass is 15.2. The van der Waals surface area contributed by atoms with Gasteiger partial charge in [0.15, 0.2) is 58.2 Å². The Hall–Kier alpha value is -16.9. The second-order valence-corrected chi connectivity index (χ2v) is 30.8. The van der Waals surface area contributed by atoms with Crippen molar-refractivity contribution in [1.82, 2.24) is 59.4 Å². The summed E-state index contributed by atoms with van der Waals surface area (Å²) in [4.78, 5) is 63.8. The zero-order chi connectivity index (χ0) is 82.0. The van der Waals surface area contributed by atoms with Gasteiger partial charge in [-0.3, -0.25) is 0 Å². The summed E-state index contributed by atoms with van der Waals surface area (Å²) in [5.74, 6) is 5.22. The first-order valence-corrected chi connectivity index (χ1v) is 41.4. The molecule has 2 aliphatic rings. The molecule has 0 radical (unpaired) electrons. The summed E-state index contributed by atoms with van der Waals surface area (Å²) >= 11 is 0. The van der Waals surface area contributed by atoms with E-state index in [2.05, 4.69) is 245 Å². The zero-order valence-corrected chi connectivity index (χ0v) is 66.7. The van der Waals surface area contributed by atoms with Gasteiger partial charge in [0.25, 0.3) is 6.71 Å². The van der Waals surface area contributed by atoms with Crippen LogP contribution < -0.4 is 26.2 Å². The number of hydrogen-bond donors (Lipinski definition) is 0. The van der Waals surface area contributed by atoms with Crippen LogP contribution in [0.5, 0.6) is 0 Å². The number of hydrogen-bond acceptors (Lipinski definition) is 13. The molecule has 0 N–H and O–H groups in total. The zero-order valence-electron chi connectivity index (χ0n) is 66.7. The predicted molar refractivity (Wildman–Crippen MR) is 501 cm³/mol. The topological polar surface area (TPSA) is 153 Å². The highest BCUT2D eigenvalue weighted by molar-refractivity contribution is 7.00. The molecule has 0 bridgehead atoms. The lowest BCUT2D eigenvalue weighted by atomic mass is 9.33. The van der Waals surface area contributed by atoms with Gasteiger partial charge in [-0.1, -0.05) is 315 Å². The highest BCUT2D eigenvalue weighted by Crippen LogP contribution is 2.49. The van der Waals surface area contributed by atoms with E-state index in [1.165, 1.54) is 16.4 Å². The summed E-state index contributed by atoms with van der Waals surface area (Å²) in [6, 6.07) is 145. The second-order valence-electron chi connectivity index (χ2n) is 30.8. The Labute approximate surface area is 715 Å². The maximum atomic E-state index is 5.85. The standard InChI is InChI=1S/C109H69BN14/c1-10-32-71(33-11-1)90-69-91(72-56-54-70(55-57-72)84-61-65-97-98-99(84)123(83-48-26-9-27-49-83)96-53-31-29-51-89(96)110(98)88-50-28-30-52-95(88)122(97)82-46-24-8-25-47-82)112-109(111-90)87-68-81(108-120-104(77-42-20-6-21-43-77)115-105(121-108)78-44-22-7-23-45-78)60-64-94(87)124-92-62-58-79(106-116-100(73-34-12-2-13-35-73)113-101(117-106)74-36-14-3-15-37-74)66-85(92)86-67-80(59-63-93(86)124)107-118-102(75-38-16-4-17-39-75)114-103(119-107)76-40-18-5-19-41-76/h1-69H. The fourth-order valence-corrected chi connectivity index (χ4v) is 17.6. The third kappa shape index (κ3) is 13.1. The summed E-state index contributed by atoms with van der Waals surface area (Å²) < 4.78 is 2.32. The molecule has 21 aromatic rings. The Morgan fingerprint density at radius 1 is 0.185 bits per heavy atom. The van der Waals surface area contributed by atoms with Gasteiger partial charge in [0.05, 0.1) is 33.8 Å². The molecule has 0 saturated carbocycles. The molecule has 0 atom stereocenters. The molecule has 0 amide bonds. The van der Waals surface area contributed by atoms with E-state index >= 15 is 0 Å². The lowest BCUT2D eigenvalue weighted by Crippen LogP contribution is -2.61. The quantitative estimate of drug-likeness (QED) is 0.0844.